The van der Waals surface area contributed by atoms with Gasteiger partial charge in [0.15, 0.2) is 0 Å². The van der Waals surface area contributed by atoms with Crippen LogP contribution in [-0.2, 0) is 0 Å². The van der Waals surface area contributed by atoms with Gasteiger partial charge < -0.3 is 11.1 Å². The Labute approximate surface area is 121 Å². The van der Waals surface area contributed by atoms with E-state index in [-0.39, 0.29) is 6.04 Å². The van der Waals surface area contributed by atoms with Crippen molar-refractivity contribution in [1.29, 1.82) is 0 Å². The van der Waals surface area contributed by atoms with E-state index in [0.717, 1.165) is 21.6 Å². The van der Waals surface area contributed by atoms with Crippen molar-refractivity contribution in [2.24, 2.45) is 5.73 Å². The smallest absolute Gasteiger partial charge is 0.147 e. The lowest BCUT2D eigenvalue weighted by Crippen LogP contribution is -2.20. The summed E-state index contributed by atoms with van der Waals surface area (Å²) in [5.41, 5.74) is 9.51. The fourth-order valence-corrected chi connectivity index (χ4v) is 3.09. The molecule has 2 heterocycles. The minimum absolute atomic E-state index is 0.0534. The number of hydrogen-bond acceptors (Lipinski definition) is 5. The first-order valence-electron chi connectivity index (χ1n) is 6.49. The minimum atomic E-state index is -0.0534. The van der Waals surface area contributed by atoms with Gasteiger partial charge in [-0.25, -0.2) is 9.97 Å². The Bertz CT molecular complexity index is 708. The topological polar surface area (TPSA) is 63.8 Å². The number of benzene rings is 1. The van der Waals surface area contributed by atoms with Gasteiger partial charge in [-0.2, -0.15) is 0 Å². The first-order chi connectivity index (χ1) is 9.75. The molecule has 4 nitrogen and oxygen atoms in total. The predicted molar refractivity (Wildman–Crippen MR) is 84.0 cm³/mol. The van der Waals surface area contributed by atoms with E-state index in [2.05, 4.69) is 27.6 Å². The SMILES string of the molecule is Cc1csc2c(NCC(N)c3ccccc3)ncnc12. The highest BCUT2D eigenvalue weighted by Crippen LogP contribution is 2.28. The molecule has 3 rings (SSSR count). The lowest BCUT2D eigenvalue weighted by atomic mass is 10.1. The number of anilines is 1. The molecule has 0 aliphatic carbocycles. The maximum Gasteiger partial charge on any atom is 0.147 e. The molecule has 3 aromatic rings. The average molecular weight is 284 g/mol. The number of nitrogens with two attached hydrogens (primary N) is 1. The summed E-state index contributed by atoms with van der Waals surface area (Å²) in [7, 11) is 0. The Morgan fingerprint density at radius 2 is 2.05 bits per heavy atom. The van der Waals surface area contributed by atoms with Crippen molar-refractivity contribution in [3.05, 3.63) is 53.2 Å². The molecule has 0 fully saturated rings. The number of aromatic nitrogens is 2. The molecule has 20 heavy (non-hydrogen) atoms. The molecule has 0 saturated heterocycles. The molecule has 3 N–H and O–H groups in total. The summed E-state index contributed by atoms with van der Waals surface area (Å²) in [4.78, 5) is 8.63. The summed E-state index contributed by atoms with van der Waals surface area (Å²) >= 11 is 1.66. The van der Waals surface area contributed by atoms with Crippen molar-refractivity contribution < 1.29 is 0 Å². The van der Waals surface area contributed by atoms with Gasteiger partial charge in [0.25, 0.3) is 0 Å². The normalized spacial score (nSPS) is 12.5. The van der Waals surface area contributed by atoms with E-state index in [0.29, 0.717) is 6.54 Å². The zero-order valence-corrected chi connectivity index (χ0v) is 12.0. The van der Waals surface area contributed by atoms with E-state index in [4.69, 9.17) is 5.73 Å². The van der Waals surface area contributed by atoms with Crippen LogP contribution in [-0.4, -0.2) is 16.5 Å². The number of fused-ring (bicyclic) bond motifs is 1. The van der Waals surface area contributed by atoms with Crippen molar-refractivity contribution in [1.82, 2.24) is 9.97 Å². The Morgan fingerprint density at radius 3 is 2.85 bits per heavy atom. The molecule has 0 spiro atoms. The molecule has 1 unspecified atom stereocenters. The summed E-state index contributed by atoms with van der Waals surface area (Å²) < 4.78 is 1.09. The second-order valence-corrected chi connectivity index (χ2v) is 5.60. The van der Waals surface area contributed by atoms with Crippen LogP contribution in [0.25, 0.3) is 10.2 Å². The Morgan fingerprint density at radius 1 is 1.25 bits per heavy atom. The van der Waals surface area contributed by atoms with Crippen molar-refractivity contribution in [3.63, 3.8) is 0 Å². The highest BCUT2D eigenvalue weighted by Gasteiger charge is 2.10. The first-order valence-corrected chi connectivity index (χ1v) is 7.37. The van der Waals surface area contributed by atoms with E-state index in [9.17, 15) is 0 Å². The molecule has 0 saturated carbocycles. The summed E-state index contributed by atoms with van der Waals surface area (Å²) in [5.74, 6) is 0.861. The maximum atomic E-state index is 6.19. The second-order valence-electron chi connectivity index (χ2n) is 4.72. The van der Waals surface area contributed by atoms with Gasteiger partial charge in [-0.05, 0) is 23.4 Å². The summed E-state index contributed by atoms with van der Waals surface area (Å²) in [5, 5.41) is 5.43. The van der Waals surface area contributed by atoms with E-state index >= 15 is 0 Å². The van der Waals surface area contributed by atoms with E-state index < -0.39 is 0 Å². The van der Waals surface area contributed by atoms with Gasteiger partial charge in [0.1, 0.15) is 12.1 Å². The van der Waals surface area contributed by atoms with Crippen LogP contribution in [0.4, 0.5) is 5.82 Å². The van der Waals surface area contributed by atoms with Crippen LogP contribution >= 0.6 is 11.3 Å². The van der Waals surface area contributed by atoms with Gasteiger partial charge in [-0.1, -0.05) is 30.3 Å². The van der Waals surface area contributed by atoms with Crippen LogP contribution in [0.1, 0.15) is 17.2 Å². The van der Waals surface area contributed by atoms with Gasteiger partial charge in [0.2, 0.25) is 0 Å². The number of hydrogen-bond donors (Lipinski definition) is 2. The molecule has 0 amide bonds. The third-order valence-corrected chi connectivity index (χ3v) is 4.34. The minimum Gasteiger partial charge on any atom is -0.367 e. The summed E-state index contributed by atoms with van der Waals surface area (Å²) in [6, 6.07) is 10.0. The molecule has 0 aliphatic heterocycles. The molecule has 0 bridgehead atoms. The number of aryl methyl sites for hydroxylation is 1. The van der Waals surface area contributed by atoms with E-state index in [1.54, 1.807) is 17.7 Å². The third kappa shape index (κ3) is 2.50. The first kappa shape index (κ1) is 13.0. The number of nitrogens with zero attached hydrogens (tertiary/aromatic N) is 2. The average Bonchev–Trinajstić information content (AvgIpc) is 2.88. The molecule has 2 aromatic heterocycles. The van der Waals surface area contributed by atoms with Crippen LogP contribution in [0, 0.1) is 6.92 Å². The lowest BCUT2D eigenvalue weighted by Gasteiger charge is -2.13. The predicted octanol–water partition coefficient (Wildman–Crippen LogP) is 3.11. The highest BCUT2D eigenvalue weighted by atomic mass is 32.1. The van der Waals surface area contributed by atoms with Crippen LogP contribution in [0.15, 0.2) is 42.0 Å². The largest absolute Gasteiger partial charge is 0.367 e. The number of nitrogens with one attached hydrogen (secondary N) is 1. The van der Waals surface area contributed by atoms with Crippen molar-refractivity contribution in [2.75, 3.05) is 11.9 Å². The molecule has 102 valence electrons. The molecule has 1 aromatic carbocycles. The quantitative estimate of drug-likeness (QED) is 0.772. The van der Waals surface area contributed by atoms with Gasteiger partial charge in [-0.15, -0.1) is 11.3 Å². The molecule has 0 radical (unpaired) electrons. The van der Waals surface area contributed by atoms with Crippen LogP contribution in [0.2, 0.25) is 0 Å². The Kier molecular flexibility index (Phi) is 3.62. The molecular weight excluding hydrogens is 268 g/mol. The second kappa shape index (κ2) is 5.56. The monoisotopic (exact) mass is 284 g/mol. The molecule has 5 heteroatoms. The van der Waals surface area contributed by atoms with Crippen LogP contribution in [0.3, 0.4) is 0 Å². The van der Waals surface area contributed by atoms with Gasteiger partial charge in [-0.3, -0.25) is 0 Å². The maximum absolute atomic E-state index is 6.19. The number of thiophene rings is 1. The molecule has 1 atom stereocenters. The molecule has 0 aliphatic rings. The fourth-order valence-electron chi connectivity index (χ4n) is 2.12. The Balaban J connectivity index is 1.77. The van der Waals surface area contributed by atoms with Crippen molar-refractivity contribution in [3.8, 4) is 0 Å². The van der Waals surface area contributed by atoms with Crippen LogP contribution in [0.5, 0.6) is 0 Å². The van der Waals surface area contributed by atoms with Crippen molar-refractivity contribution in [2.45, 2.75) is 13.0 Å². The van der Waals surface area contributed by atoms with Crippen LogP contribution < -0.4 is 11.1 Å². The lowest BCUT2D eigenvalue weighted by molar-refractivity contribution is 0.762. The highest BCUT2D eigenvalue weighted by molar-refractivity contribution is 7.18. The molecular formula is C15H16N4S. The van der Waals surface area contributed by atoms with Gasteiger partial charge in [0, 0.05) is 12.6 Å². The summed E-state index contributed by atoms with van der Waals surface area (Å²) in [6.45, 7) is 2.71. The zero-order valence-electron chi connectivity index (χ0n) is 11.2. The van der Waals surface area contributed by atoms with Crippen molar-refractivity contribution >= 4 is 27.4 Å². The number of rotatable bonds is 4. The standard InChI is InChI=1S/C15H16N4S/c1-10-8-20-14-13(10)18-9-19-15(14)17-7-12(16)11-5-3-2-4-6-11/h2-6,8-9,12H,7,16H2,1H3,(H,17,18,19). The van der Waals surface area contributed by atoms with E-state index in [1.807, 2.05) is 30.3 Å². The third-order valence-electron chi connectivity index (χ3n) is 3.25. The zero-order chi connectivity index (χ0) is 13.9. The summed E-state index contributed by atoms with van der Waals surface area (Å²) in [6.07, 6.45) is 1.60. The Hall–Kier alpha value is -1.98. The van der Waals surface area contributed by atoms with Gasteiger partial charge in [0.05, 0.1) is 10.2 Å². The fraction of sp³-hybridized carbons (Fsp3) is 0.200. The van der Waals surface area contributed by atoms with Gasteiger partial charge >= 0.3 is 0 Å². The van der Waals surface area contributed by atoms with E-state index in [1.165, 1.54) is 5.56 Å².